The van der Waals surface area contributed by atoms with Crippen LogP contribution in [0.2, 0.25) is 0 Å². The highest BCUT2D eigenvalue weighted by atomic mass is 32.2. The van der Waals surface area contributed by atoms with Crippen molar-refractivity contribution in [3.63, 3.8) is 0 Å². The monoisotopic (exact) mass is 355 g/mol. The molecule has 7 nitrogen and oxygen atoms in total. The SMILES string of the molecule is CC1CCCCN1S(=O)(=O)c1ccc(NC(C#N)=C(C#N)C#N)cc1. The van der Waals surface area contributed by atoms with Crippen molar-refractivity contribution in [1.29, 1.82) is 15.8 Å². The number of hydrogen-bond donors (Lipinski definition) is 1. The first-order valence-electron chi connectivity index (χ1n) is 7.77. The summed E-state index contributed by atoms with van der Waals surface area (Å²) in [7, 11) is -3.56. The molecule has 128 valence electrons. The molecule has 1 aromatic rings. The number of allylic oxidation sites excluding steroid dienone is 2. The van der Waals surface area contributed by atoms with Gasteiger partial charge in [0.25, 0.3) is 0 Å². The van der Waals surface area contributed by atoms with Crippen LogP contribution in [0.1, 0.15) is 26.2 Å². The third-order valence-electron chi connectivity index (χ3n) is 4.06. The largest absolute Gasteiger partial charge is 0.345 e. The minimum atomic E-state index is -3.56. The van der Waals surface area contributed by atoms with Crippen LogP contribution in [0.3, 0.4) is 0 Å². The summed E-state index contributed by atoms with van der Waals surface area (Å²) in [6.45, 7) is 2.42. The van der Waals surface area contributed by atoms with E-state index in [4.69, 9.17) is 15.8 Å². The second kappa shape index (κ2) is 7.81. The van der Waals surface area contributed by atoms with Gasteiger partial charge < -0.3 is 5.32 Å². The summed E-state index contributed by atoms with van der Waals surface area (Å²) in [4.78, 5) is 0.176. The van der Waals surface area contributed by atoms with E-state index in [1.165, 1.54) is 28.6 Å². The van der Waals surface area contributed by atoms with E-state index in [0.29, 0.717) is 12.2 Å². The van der Waals surface area contributed by atoms with Crippen LogP contribution in [0, 0.1) is 34.0 Å². The number of hydrogen-bond acceptors (Lipinski definition) is 6. The lowest BCUT2D eigenvalue weighted by atomic mass is 10.1. The Kier molecular flexibility index (Phi) is 5.77. The highest BCUT2D eigenvalue weighted by Crippen LogP contribution is 2.26. The quantitative estimate of drug-likeness (QED) is 0.828. The second-order valence-electron chi connectivity index (χ2n) is 5.70. The molecule has 0 radical (unpaired) electrons. The number of nitrogens with one attached hydrogen (secondary N) is 1. The highest BCUT2D eigenvalue weighted by Gasteiger charge is 2.30. The van der Waals surface area contributed by atoms with Crippen LogP contribution in [-0.2, 0) is 10.0 Å². The van der Waals surface area contributed by atoms with E-state index in [2.05, 4.69) is 5.32 Å². The van der Waals surface area contributed by atoms with E-state index in [0.717, 1.165) is 19.3 Å². The van der Waals surface area contributed by atoms with Gasteiger partial charge in [-0.2, -0.15) is 20.1 Å². The van der Waals surface area contributed by atoms with Gasteiger partial charge in [0.1, 0.15) is 23.9 Å². The molecule has 25 heavy (non-hydrogen) atoms. The molecule has 1 atom stereocenters. The minimum absolute atomic E-state index is 0.0292. The zero-order chi connectivity index (χ0) is 18.4. The molecule has 0 spiro atoms. The standard InChI is InChI=1S/C17H17N5O2S/c1-13-4-2-3-9-22(13)25(23,24)16-7-5-15(6-8-16)21-17(12-20)14(10-18)11-19/h5-8,13,21H,2-4,9H2,1H3. The maximum absolute atomic E-state index is 12.7. The predicted octanol–water partition coefficient (Wildman–Crippen LogP) is 2.49. The summed E-state index contributed by atoms with van der Waals surface area (Å²) in [5, 5.41) is 29.3. The predicted molar refractivity (Wildman–Crippen MR) is 91.1 cm³/mol. The van der Waals surface area contributed by atoms with Crippen LogP contribution < -0.4 is 5.32 Å². The third-order valence-corrected chi connectivity index (χ3v) is 6.09. The lowest BCUT2D eigenvalue weighted by Crippen LogP contribution is -2.41. The fourth-order valence-corrected chi connectivity index (χ4v) is 4.40. The Morgan fingerprint density at radius 1 is 1.12 bits per heavy atom. The van der Waals surface area contributed by atoms with Gasteiger partial charge in [0, 0.05) is 18.3 Å². The molecule has 1 aliphatic rings. The fourth-order valence-electron chi connectivity index (χ4n) is 2.70. The Hall–Kier alpha value is -2.86. The van der Waals surface area contributed by atoms with Crippen LogP contribution in [-0.4, -0.2) is 25.3 Å². The van der Waals surface area contributed by atoms with Crippen molar-refractivity contribution in [3.8, 4) is 18.2 Å². The van der Waals surface area contributed by atoms with E-state index in [1.807, 2.05) is 6.92 Å². The van der Waals surface area contributed by atoms with Gasteiger partial charge in [0.2, 0.25) is 10.0 Å². The van der Waals surface area contributed by atoms with Crippen LogP contribution >= 0.6 is 0 Å². The molecule has 2 rings (SSSR count). The third kappa shape index (κ3) is 3.97. The molecule has 0 aromatic heterocycles. The molecular formula is C17H17N5O2S. The van der Waals surface area contributed by atoms with Crippen molar-refractivity contribution in [1.82, 2.24) is 4.31 Å². The van der Waals surface area contributed by atoms with Gasteiger partial charge in [-0.15, -0.1) is 0 Å². The number of benzene rings is 1. The number of sulfonamides is 1. The summed E-state index contributed by atoms with van der Waals surface area (Å²) in [5.74, 6) is 0. The van der Waals surface area contributed by atoms with E-state index in [9.17, 15) is 8.42 Å². The zero-order valence-corrected chi connectivity index (χ0v) is 14.5. The van der Waals surface area contributed by atoms with E-state index in [1.54, 1.807) is 18.2 Å². The molecule has 0 amide bonds. The summed E-state index contributed by atoms with van der Waals surface area (Å²) in [5.41, 5.74) is -0.0863. The maximum atomic E-state index is 12.7. The lowest BCUT2D eigenvalue weighted by Gasteiger charge is -2.32. The summed E-state index contributed by atoms with van der Waals surface area (Å²) < 4.78 is 27.0. The van der Waals surface area contributed by atoms with E-state index in [-0.39, 0.29) is 22.2 Å². The molecule has 1 saturated heterocycles. The van der Waals surface area contributed by atoms with Gasteiger partial charge in [-0.3, -0.25) is 0 Å². The molecule has 1 heterocycles. The average molecular weight is 355 g/mol. The van der Waals surface area contributed by atoms with Gasteiger partial charge in [0.05, 0.1) is 4.90 Å². The van der Waals surface area contributed by atoms with Gasteiger partial charge in [-0.1, -0.05) is 6.42 Å². The first kappa shape index (κ1) is 18.5. The Morgan fingerprint density at radius 3 is 2.28 bits per heavy atom. The normalized spacial score (nSPS) is 17.6. The van der Waals surface area contributed by atoms with Crippen LogP contribution in [0.4, 0.5) is 5.69 Å². The maximum Gasteiger partial charge on any atom is 0.243 e. The second-order valence-corrected chi connectivity index (χ2v) is 7.59. The first-order valence-corrected chi connectivity index (χ1v) is 9.21. The van der Waals surface area contributed by atoms with Gasteiger partial charge in [-0.05, 0) is 44.0 Å². The molecular weight excluding hydrogens is 338 g/mol. The highest BCUT2D eigenvalue weighted by molar-refractivity contribution is 7.89. The van der Waals surface area contributed by atoms with E-state index < -0.39 is 10.0 Å². The Morgan fingerprint density at radius 2 is 1.76 bits per heavy atom. The van der Waals surface area contributed by atoms with Gasteiger partial charge in [-0.25, -0.2) is 8.42 Å². The number of anilines is 1. The van der Waals surface area contributed by atoms with Crippen LogP contribution in [0.15, 0.2) is 40.4 Å². The fraction of sp³-hybridized carbons (Fsp3) is 0.353. The molecule has 1 N–H and O–H groups in total. The molecule has 1 fully saturated rings. The van der Waals surface area contributed by atoms with E-state index >= 15 is 0 Å². The Balaban J connectivity index is 2.26. The Labute approximate surface area is 147 Å². The Bertz CT molecular complexity index is 882. The van der Waals surface area contributed by atoms with Crippen molar-refractivity contribution in [2.45, 2.75) is 37.1 Å². The minimum Gasteiger partial charge on any atom is -0.345 e. The summed E-state index contributed by atoms with van der Waals surface area (Å²) in [6.07, 6.45) is 2.73. The van der Waals surface area contributed by atoms with Crippen molar-refractivity contribution in [3.05, 3.63) is 35.5 Å². The summed E-state index contributed by atoms with van der Waals surface area (Å²) in [6, 6.07) is 10.9. The number of piperidine rings is 1. The molecule has 8 heteroatoms. The number of nitriles is 3. The van der Waals surface area contributed by atoms with Crippen LogP contribution in [0.25, 0.3) is 0 Å². The van der Waals surface area contributed by atoms with Crippen molar-refractivity contribution in [2.24, 2.45) is 0 Å². The average Bonchev–Trinajstić information content (AvgIpc) is 2.62. The summed E-state index contributed by atoms with van der Waals surface area (Å²) >= 11 is 0. The number of nitrogens with zero attached hydrogens (tertiary/aromatic N) is 4. The molecule has 0 bridgehead atoms. The topological polar surface area (TPSA) is 121 Å². The number of rotatable bonds is 4. The molecule has 1 aromatic carbocycles. The van der Waals surface area contributed by atoms with Crippen molar-refractivity contribution < 1.29 is 8.42 Å². The smallest absolute Gasteiger partial charge is 0.243 e. The lowest BCUT2D eigenvalue weighted by molar-refractivity contribution is 0.268. The van der Waals surface area contributed by atoms with Crippen molar-refractivity contribution >= 4 is 15.7 Å². The van der Waals surface area contributed by atoms with Gasteiger partial charge >= 0.3 is 0 Å². The molecule has 0 saturated carbocycles. The molecule has 1 aliphatic heterocycles. The van der Waals surface area contributed by atoms with Crippen LogP contribution in [0.5, 0.6) is 0 Å². The molecule has 0 aliphatic carbocycles. The van der Waals surface area contributed by atoms with Gasteiger partial charge in [0.15, 0.2) is 5.57 Å². The zero-order valence-electron chi connectivity index (χ0n) is 13.7. The van der Waals surface area contributed by atoms with Crippen molar-refractivity contribution in [2.75, 3.05) is 11.9 Å². The molecule has 1 unspecified atom stereocenters. The first-order chi connectivity index (χ1) is 11.9.